The van der Waals surface area contributed by atoms with E-state index in [1.54, 1.807) is 13.2 Å². The Bertz CT molecular complexity index is 543. The molecule has 0 saturated carbocycles. The molecule has 2 aromatic rings. The summed E-state index contributed by atoms with van der Waals surface area (Å²) in [5.41, 5.74) is 2.36. The summed E-state index contributed by atoms with van der Waals surface area (Å²) in [7, 11) is 1.56. The largest absolute Gasteiger partial charge is 0.504 e. The molecule has 0 aliphatic heterocycles. The van der Waals surface area contributed by atoms with Crippen molar-refractivity contribution in [2.24, 2.45) is 0 Å². The van der Waals surface area contributed by atoms with E-state index in [1.807, 2.05) is 36.7 Å². The van der Waals surface area contributed by atoms with E-state index < -0.39 is 0 Å². The third-order valence-electron chi connectivity index (χ3n) is 3.32. The molecule has 0 bridgehead atoms. The van der Waals surface area contributed by atoms with Crippen molar-refractivity contribution >= 4 is 0 Å². The zero-order valence-corrected chi connectivity index (χ0v) is 11.8. The maximum atomic E-state index is 9.59. The van der Waals surface area contributed by atoms with E-state index in [0.29, 0.717) is 5.75 Å². The summed E-state index contributed by atoms with van der Waals surface area (Å²) in [6.45, 7) is 2.98. The van der Waals surface area contributed by atoms with Gasteiger partial charge in [0.2, 0.25) is 0 Å². The molecule has 1 atom stereocenters. The highest BCUT2D eigenvalue weighted by Gasteiger charge is 2.08. The SMILES string of the molecule is COc1cc(C(C)NCCc2ccncc2)ccc1O. The molecule has 0 radical (unpaired) electrons. The van der Waals surface area contributed by atoms with E-state index in [1.165, 1.54) is 5.56 Å². The van der Waals surface area contributed by atoms with Crippen molar-refractivity contribution in [3.8, 4) is 11.5 Å². The van der Waals surface area contributed by atoms with Crippen LogP contribution in [0.4, 0.5) is 0 Å². The van der Waals surface area contributed by atoms with Crippen LogP contribution in [0.15, 0.2) is 42.7 Å². The van der Waals surface area contributed by atoms with E-state index in [-0.39, 0.29) is 11.8 Å². The molecule has 0 spiro atoms. The van der Waals surface area contributed by atoms with E-state index in [9.17, 15) is 5.11 Å². The topological polar surface area (TPSA) is 54.4 Å². The van der Waals surface area contributed by atoms with Crippen molar-refractivity contribution in [3.05, 3.63) is 53.9 Å². The van der Waals surface area contributed by atoms with Crippen LogP contribution in [-0.4, -0.2) is 23.7 Å². The van der Waals surface area contributed by atoms with Gasteiger partial charge in [-0.1, -0.05) is 6.07 Å². The molecule has 106 valence electrons. The molecule has 20 heavy (non-hydrogen) atoms. The third-order valence-corrected chi connectivity index (χ3v) is 3.32. The molecule has 0 aliphatic carbocycles. The molecule has 4 heteroatoms. The molecule has 1 aromatic heterocycles. The molecule has 1 unspecified atom stereocenters. The zero-order chi connectivity index (χ0) is 14.4. The van der Waals surface area contributed by atoms with E-state index in [4.69, 9.17) is 4.74 Å². The monoisotopic (exact) mass is 272 g/mol. The van der Waals surface area contributed by atoms with Gasteiger partial charge >= 0.3 is 0 Å². The number of hydrogen-bond donors (Lipinski definition) is 2. The molecule has 1 aromatic carbocycles. The van der Waals surface area contributed by atoms with Crippen molar-refractivity contribution in [2.75, 3.05) is 13.7 Å². The first-order valence-electron chi connectivity index (χ1n) is 6.70. The van der Waals surface area contributed by atoms with Gasteiger partial charge in [-0.25, -0.2) is 0 Å². The fraction of sp³-hybridized carbons (Fsp3) is 0.312. The number of methoxy groups -OCH3 is 1. The second kappa shape index (κ2) is 6.91. The minimum Gasteiger partial charge on any atom is -0.504 e. The number of hydrogen-bond acceptors (Lipinski definition) is 4. The van der Waals surface area contributed by atoms with E-state index in [2.05, 4.69) is 17.2 Å². The smallest absolute Gasteiger partial charge is 0.160 e. The Hall–Kier alpha value is -2.07. The lowest BCUT2D eigenvalue weighted by Crippen LogP contribution is -2.21. The number of rotatable bonds is 6. The van der Waals surface area contributed by atoms with Crippen LogP contribution in [0.5, 0.6) is 11.5 Å². The Balaban J connectivity index is 1.90. The molecule has 1 heterocycles. The van der Waals surface area contributed by atoms with Crippen LogP contribution in [-0.2, 0) is 6.42 Å². The maximum Gasteiger partial charge on any atom is 0.160 e. The van der Waals surface area contributed by atoms with Gasteiger partial charge in [0.05, 0.1) is 7.11 Å². The highest BCUT2D eigenvalue weighted by atomic mass is 16.5. The van der Waals surface area contributed by atoms with E-state index in [0.717, 1.165) is 18.5 Å². The Morgan fingerprint density at radius 3 is 2.70 bits per heavy atom. The van der Waals surface area contributed by atoms with Gasteiger partial charge in [0.15, 0.2) is 11.5 Å². The number of aromatic nitrogens is 1. The summed E-state index contributed by atoms with van der Waals surface area (Å²) in [6, 6.07) is 9.67. The highest BCUT2D eigenvalue weighted by molar-refractivity contribution is 5.42. The highest BCUT2D eigenvalue weighted by Crippen LogP contribution is 2.28. The second-order valence-corrected chi connectivity index (χ2v) is 4.71. The van der Waals surface area contributed by atoms with Gasteiger partial charge in [0.25, 0.3) is 0 Å². The molecular formula is C16H20N2O2. The fourth-order valence-electron chi connectivity index (χ4n) is 2.06. The van der Waals surface area contributed by atoms with Crippen LogP contribution in [0.2, 0.25) is 0 Å². The fourth-order valence-corrected chi connectivity index (χ4v) is 2.06. The summed E-state index contributed by atoms with van der Waals surface area (Å²) in [6.07, 6.45) is 4.58. The zero-order valence-electron chi connectivity index (χ0n) is 11.8. The van der Waals surface area contributed by atoms with E-state index >= 15 is 0 Å². The molecular weight excluding hydrogens is 252 g/mol. The average Bonchev–Trinajstić information content (AvgIpc) is 2.48. The van der Waals surface area contributed by atoms with Gasteiger partial charge in [0.1, 0.15) is 0 Å². The summed E-state index contributed by atoms with van der Waals surface area (Å²) < 4.78 is 5.12. The standard InChI is InChI=1S/C16H20N2O2/c1-12(14-3-4-15(19)16(11-14)20-2)18-10-7-13-5-8-17-9-6-13/h3-6,8-9,11-12,18-19H,7,10H2,1-2H3. The van der Waals surface area contributed by atoms with Gasteiger partial charge in [0, 0.05) is 18.4 Å². The molecule has 0 aliphatic rings. The van der Waals surface area contributed by atoms with Gasteiger partial charge in [-0.15, -0.1) is 0 Å². The molecule has 0 amide bonds. The quantitative estimate of drug-likeness (QED) is 0.849. The van der Waals surface area contributed by atoms with Crippen molar-refractivity contribution in [1.82, 2.24) is 10.3 Å². The van der Waals surface area contributed by atoms with Gasteiger partial charge in [-0.05, 0) is 55.3 Å². The number of benzene rings is 1. The van der Waals surface area contributed by atoms with Crippen molar-refractivity contribution in [1.29, 1.82) is 0 Å². The summed E-state index contributed by atoms with van der Waals surface area (Å²) in [5, 5.41) is 13.1. The van der Waals surface area contributed by atoms with Gasteiger partial charge < -0.3 is 15.2 Å². The van der Waals surface area contributed by atoms with Crippen LogP contribution >= 0.6 is 0 Å². The van der Waals surface area contributed by atoms with Crippen LogP contribution < -0.4 is 10.1 Å². The summed E-state index contributed by atoms with van der Waals surface area (Å²) >= 11 is 0. The Kier molecular flexibility index (Phi) is 4.96. The number of ether oxygens (including phenoxy) is 1. The molecule has 2 N–H and O–H groups in total. The minimum atomic E-state index is 0.167. The summed E-state index contributed by atoms with van der Waals surface area (Å²) in [5.74, 6) is 0.672. The summed E-state index contributed by atoms with van der Waals surface area (Å²) in [4.78, 5) is 4.01. The predicted octanol–water partition coefficient (Wildman–Crippen LogP) is 2.69. The Morgan fingerprint density at radius 2 is 2.00 bits per heavy atom. The molecule has 4 nitrogen and oxygen atoms in total. The van der Waals surface area contributed by atoms with Crippen LogP contribution in [0.1, 0.15) is 24.1 Å². The number of pyridine rings is 1. The normalized spacial score (nSPS) is 12.1. The number of phenols is 1. The Labute approximate surface area is 119 Å². The average molecular weight is 272 g/mol. The lowest BCUT2D eigenvalue weighted by molar-refractivity contribution is 0.372. The van der Waals surface area contributed by atoms with Crippen LogP contribution in [0.25, 0.3) is 0 Å². The molecule has 2 rings (SSSR count). The third kappa shape index (κ3) is 3.71. The first-order valence-corrected chi connectivity index (χ1v) is 6.70. The number of nitrogens with zero attached hydrogens (tertiary/aromatic N) is 1. The lowest BCUT2D eigenvalue weighted by Gasteiger charge is -2.15. The van der Waals surface area contributed by atoms with Crippen LogP contribution in [0.3, 0.4) is 0 Å². The Morgan fingerprint density at radius 1 is 1.25 bits per heavy atom. The minimum absolute atomic E-state index is 0.167. The second-order valence-electron chi connectivity index (χ2n) is 4.71. The predicted molar refractivity (Wildman–Crippen MR) is 79.0 cm³/mol. The van der Waals surface area contributed by atoms with Gasteiger partial charge in [-0.2, -0.15) is 0 Å². The lowest BCUT2D eigenvalue weighted by atomic mass is 10.1. The number of nitrogens with one attached hydrogen (secondary N) is 1. The first-order chi connectivity index (χ1) is 9.70. The molecule has 0 fully saturated rings. The van der Waals surface area contributed by atoms with Crippen molar-refractivity contribution in [2.45, 2.75) is 19.4 Å². The number of phenolic OH excluding ortho intramolecular Hbond substituents is 1. The van der Waals surface area contributed by atoms with Crippen LogP contribution in [0, 0.1) is 0 Å². The van der Waals surface area contributed by atoms with Gasteiger partial charge in [-0.3, -0.25) is 4.98 Å². The van der Waals surface area contributed by atoms with Crippen molar-refractivity contribution in [3.63, 3.8) is 0 Å². The maximum absolute atomic E-state index is 9.59. The first kappa shape index (κ1) is 14.3. The van der Waals surface area contributed by atoms with Crippen molar-refractivity contribution < 1.29 is 9.84 Å². The number of aromatic hydroxyl groups is 1. The molecule has 0 saturated heterocycles.